The van der Waals surface area contributed by atoms with Crippen molar-refractivity contribution in [3.05, 3.63) is 29.8 Å². The fraction of sp³-hybridized carbons (Fsp3) is 0.364. The maximum atomic E-state index is 13.6. The van der Waals surface area contributed by atoms with E-state index in [-0.39, 0.29) is 5.82 Å². The standard InChI is InChI=1S/C11H12ClFN2/c1-2-15-10(6-7-12)14-9-5-3-4-8(13)11(9)15/h3-5H,2,6-7H2,1H3. The summed E-state index contributed by atoms with van der Waals surface area (Å²) >= 11 is 5.69. The second kappa shape index (κ2) is 4.19. The molecule has 1 heterocycles. The van der Waals surface area contributed by atoms with Gasteiger partial charge in [0, 0.05) is 18.8 Å². The van der Waals surface area contributed by atoms with E-state index in [1.165, 1.54) is 6.07 Å². The monoisotopic (exact) mass is 226 g/mol. The molecule has 80 valence electrons. The van der Waals surface area contributed by atoms with Crippen molar-refractivity contribution in [1.82, 2.24) is 9.55 Å². The zero-order valence-corrected chi connectivity index (χ0v) is 9.26. The molecular weight excluding hydrogens is 215 g/mol. The number of halogens is 2. The average Bonchev–Trinajstić information content (AvgIpc) is 2.57. The molecule has 0 spiro atoms. The molecule has 0 radical (unpaired) electrons. The lowest BCUT2D eigenvalue weighted by Gasteiger charge is -2.04. The van der Waals surface area contributed by atoms with E-state index >= 15 is 0 Å². The molecule has 0 bridgehead atoms. The fourth-order valence-electron chi connectivity index (χ4n) is 1.81. The topological polar surface area (TPSA) is 17.8 Å². The number of aryl methyl sites for hydroxylation is 2. The number of hydrogen-bond donors (Lipinski definition) is 0. The molecule has 0 amide bonds. The third-order valence-corrected chi connectivity index (χ3v) is 2.62. The van der Waals surface area contributed by atoms with E-state index in [9.17, 15) is 4.39 Å². The first kappa shape index (κ1) is 10.4. The van der Waals surface area contributed by atoms with Gasteiger partial charge in [-0.3, -0.25) is 0 Å². The molecule has 2 rings (SSSR count). The van der Waals surface area contributed by atoms with E-state index in [2.05, 4.69) is 4.98 Å². The molecule has 1 aromatic heterocycles. The largest absolute Gasteiger partial charge is 0.326 e. The molecule has 0 N–H and O–H groups in total. The van der Waals surface area contributed by atoms with Crippen molar-refractivity contribution in [1.29, 1.82) is 0 Å². The minimum absolute atomic E-state index is 0.220. The van der Waals surface area contributed by atoms with Crippen LogP contribution in [0.2, 0.25) is 0 Å². The van der Waals surface area contributed by atoms with Gasteiger partial charge in [-0.05, 0) is 19.1 Å². The second-order valence-electron chi connectivity index (χ2n) is 3.32. The SMILES string of the molecule is CCn1c(CCCl)nc2cccc(F)c21. The normalized spacial score (nSPS) is 11.1. The van der Waals surface area contributed by atoms with Crippen LogP contribution < -0.4 is 0 Å². The van der Waals surface area contributed by atoms with E-state index in [1.54, 1.807) is 6.07 Å². The number of rotatable bonds is 3. The Morgan fingerprint density at radius 3 is 2.93 bits per heavy atom. The number of para-hydroxylation sites is 1. The van der Waals surface area contributed by atoms with Crippen molar-refractivity contribution in [3.8, 4) is 0 Å². The first-order valence-electron chi connectivity index (χ1n) is 4.97. The van der Waals surface area contributed by atoms with Crippen LogP contribution in [-0.2, 0) is 13.0 Å². The minimum Gasteiger partial charge on any atom is -0.326 e. The van der Waals surface area contributed by atoms with Crippen LogP contribution in [0.4, 0.5) is 4.39 Å². The number of aromatic nitrogens is 2. The second-order valence-corrected chi connectivity index (χ2v) is 3.70. The highest BCUT2D eigenvalue weighted by atomic mass is 35.5. The van der Waals surface area contributed by atoms with Gasteiger partial charge in [0.15, 0.2) is 0 Å². The Bertz CT molecular complexity index is 479. The summed E-state index contributed by atoms with van der Waals surface area (Å²) < 4.78 is 15.5. The summed E-state index contributed by atoms with van der Waals surface area (Å²) in [6, 6.07) is 4.96. The molecular formula is C11H12ClFN2. The van der Waals surface area contributed by atoms with Crippen LogP contribution in [0.1, 0.15) is 12.7 Å². The Kier molecular flexibility index (Phi) is 2.91. The zero-order chi connectivity index (χ0) is 10.8. The lowest BCUT2D eigenvalue weighted by atomic mass is 10.3. The number of benzene rings is 1. The van der Waals surface area contributed by atoms with Crippen molar-refractivity contribution >= 4 is 22.6 Å². The Hall–Kier alpha value is -1.09. The summed E-state index contributed by atoms with van der Waals surface area (Å²) in [6.07, 6.45) is 0.670. The number of alkyl halides is 1. The molecule has 0 aliphatic carbocycles. The molecule has 4 heteroatoms. The Morgan fingerprint density at radius 2 is 2.27 bits per heavy atom. The van der Waals surface area contributed by atoms with E-state index in [1.807, 2.05) is 17.6 Å². The smallest absolute Gasteiger partial charge is 0.149 e. The van der Waals surface area contributed by atoms with Gasteiger partial charge in [-0.15, -0.1) is 11.6 Å². The molecule has 2 nitrogen and oxygen atoms in total. The maximum Gasteiger partial charge on any atom is 0.149 e. The number of imidazole rings is 1. The molecule has 1 aromatic carbocycles. The molecule has 0 saturated heterocycles. The fourth-order valence-corrected chi connectivity index (χ4v) is 1.97. The summed E-state index contributed by atoms with van der Waals surface area (Å²) in [4.78, 5) is 4.37. The van der Waals surface area contributed by atoms with Crippen molar-refractivity contribution in [2.24, 2.45) is 0 Å². The molecule has 2 aromatic rings. The van der Waals surface area contributed by atoms with Gasteiger partial charge >= 0.3 is 0 Å². The first-order valence-corrected chi connectivity index (χ1v) is 5.51. The maximum absolute atomic E-state index is 13.6. The summed E-state index contributed by atoms with van der Waals surface area (Å²) in [6.45, 7) is 2.69. The van der Waals surface area contributed by atoms with Crippen molar-refractivity contribution in [2.45, 2.75) is 19.9 Å². The van der Waals surface area contributed by atoms with E-state index < -0.39 is 0 Å². The van der Waals surface area contributed by atoms with Gasteiger partial charge in [0.1, 0.15) is 17.2 Å². The third-order valence-electron chi connectivity index (χ3n) is 2.43. The minimum atomic E-state index is -0.220. The Morgan fingerprint density at radius 1 is 1.47 bits per heavy atom. The molecule has 0 atom stereocenters. The molecule has 0 aliphatic heterocycles. The van der Waals surface area contributed by atoms with Gasteiger partial charge in [0.25, 0.3) is 0 Å². The summed E-state index contributed by atoms with van der Waals surface area (Å²) in [5.74, 6) is 1.14. The lowest BCUT2D eigenvalue weighted by molar-refractivity contribution is 0.621. The lowest BCUT2D eigenvalue weighted by Crippen LogP contribution is -2.03. The summed E-state index contributed by atoms with van der Waals surface area (Å²) in [7, 11) is 0. The molecule has 0 aliphatic rings. The summed E-state index contributed by atoms with van der Waals surface area (Å²) in [5.41, 5.74) is 1.29. The number of hydrogen-bond acceptors (Lipinski definition) is 1. The molecule has 0 fully saturated rings. The van der Waals surface area contributed by atoms with Crippen LogP contribution in [0.15, 0.2) is 18.2 Å². The summed E-state index contributed by atoms with van der Waals surface area (Å²) in [5, 5.41) is 0. The van der Waals surface area contributed by atoms with Gasteiger partial charge in [-0.2, -0.15) is 0 Å². The van der Waals surface area contributed by atoms with Crippen LogP contribution in [0, 0.1) is 5.82 Å². The third kappa shape index (κ3) is 1.72. The van der Waals surface area contributed by atoms with E-state index in [4.69, 9.17) is 11.6 Å². The van der Waals surface area contributed by atoms with Crippen LogP contribution in [0.5, 0.6) is 0 Å². The zero-order valence-electron chi connectivity index (χ0n) is 8.50. The Balaban J connectivity index is 2.68. The highest BCUT2D eigenvalue weighted by Gasteiger charge is 2.11. The van der Waals surface area contributed by atoms with Crippen LogP contribution in [0.3, 0.4) is 0 Å². The van der Waals surface area contributed by atoms with Crippen LogP contribution in [0.25, 0.3) is 11.0 Å². The van der Waals surface area contributed by atoms with Crippen LogP contribution in [-0.4, -0.2) is 15.4 Å². The highest BCUT2D eigenvalue weighted by Crippen LogP contribution is 2.19. The molecule has 0 saturated carbocycles. The van der Waals surface area contributed by atoms with Crippen molar-refractivity contribution in [2.75, 3.05) is 5.88 Å². The molecule has 0 unspecified atom stereocenters. The predicted molar refractivity (Wildman–Crippen MR) is 59.8 cm³/mol. The van der Waals surface area contributed by atoms with Gasteiger partial charge < -0.3 is 4.57 Å². The average molecular weight is 227 g/mol. The van der Waals surface area contributed by atoms with E-state index in [0.29, 0.717) is 29.9 Å². The quantitative estimate of drug-likeness (QED) is 0.736. The van der Waals surface area contributed by atoms with Crippen molar-refractivity contribution < 1.29 is 4.39 Å². The molecule has 15 heavy (non-hydrogen) atoms. The van der Waals surface area contributed by atoms with Gasteiger partial charge in [0.2, 0.25) is 0 Å². The van der Waals surface area contributed by atoms with E-state index in [0.717, 1.165) is 5.82 Å². The van der Waals surface area contributed by atoms with Gasteiger partial charge in [-0.25, -0.2) is 9.37 Å². The van der Waals surface area contributed by atoms with Gasteiger partial charge in [-0.1, -0.05) is 6.07 Å². The number of nitrogens with zero attached hydrogens (tertiary/aromatic N) is 2. The predicted octanol–water partition coefficient (Wildman–Crippen LogP) is 2.98. The Labute approximate surface area is 92.7 Å². The van der Waals surface area contributed by atoms with Crippen LogP contribution >= 0.6 is 11.6 Å². The van der Waals surface area contributed by atoms with Crippen molar-refractivity contribution in [3.63, 3.8) is 0 Å². The van der Waals surface area contributed by atoms with Gasteiger partial charge in [0.05, 0.1) is 5.52 Å². The highest BCUT2D eigenvalue weighted by molar-refractivity contribution is 6.17. The first-order chi connectivity index (χ1) is 7.27. The number of fused-ring (bicyclic) bond motifs is 1.